The Bertz CT molecular complexity index is 1130. The van der Waals surface area contributed by atoms with E-state index in [9.17, 15) is 30.3 Å². The highest BCUT2D eigenvalue weighted by Gasteiger charge is 2.44. The molecule has 1 heterocycles. The smallest absolute Gasteiger partial charge is 0.220 e. The molecule has 0 bridgehead atoms. The molecule has 0 radical (unpaired) electrons. The highest BCUT2D eigenvalue weighted by Crippen LogP contribution is 2.23. The van der Waals surface area contributed by atoms with Crippen LogP contribution in [0.5, 0.6) is 0 Å². The van der Waals surface area contributed by atoms with Gasteiger partial charge in [-0.05, 0) is 57.8 Å². The Kier molecular flexibility index (Phi) is 41.3. The van der Waals surface area contributed by atoms with E-state index in [0.29, 0.717) is 6.42 Å². The summed E-state index contributed by atoms with van der Waals surface area (Å²) >= 11 is 0. The lowest BCUT2D eigenvalue weighted by molar-refractivity contribution is -0.302. The number of hydrogen-bond donors (Lipinski definition) is 6. The third kappa shape index (κ3) is 34.2. The van der Waals surface area contributed by atoms with Gasteiger partial charge in [0.1, 0.15) is 24.4 Å². The lowest BCUT2D eigenvalue weighted by Gasteiger charge is -2.40. The molecule has 9 heteroatoms. The number of aliphatic hydroxyl groups is 5. The molecule has 1 fully saturated rings. The molecule has 1 rings (SSSR count). The molecule has 1 aliphatic heterocycles. The zero-order chi connectivity index (χ0) is 45.9. The van der Waals surface area contributed by atoms with Crippen molar-refractivity contribution in [2.75, 3.05) is 13.2 Å². The summed E-state index contributed by atoms with van der Waals surface area (Å²) in [5.74, 6) is -0.184. The molecule has 0 aromatic carbocycles. The second-order valence-electron chi connectivity index (χ2n) is 18.3. The highest BCUT2D eigenvalue weighted by atomic mass is 16.7. The Morgan fingerprint density at radius 2 is 0.937 bits per heavy atom. The van der Waals surface area contributed by atoms with E-state index >= 15 is 0 Å². The molecule has 368 valence electrons. The van der Waals surface area contributed by atoms with Crippen LogP contribution in [-0.2, 0) is 14.3 Å². The Hall–Kier alpha value is -1.85. The van der Waals surface area contributed by atoms with Gasteiger partial charge in [-0.1, -0.05) is 217 Å². The summed E-state index contributed by atoms with van der Waals surface area (Å²) in [6.07, 6.45) is 50.1. The number of carbonyl (C=O) groups is 1. The predicted molar refractivity (Wildman–Crippen MR) is 263 cm³/mol. The molecule has 7 unspecified atom stereocenters. The first-order chi connectivity index (χ1) is 30.8. The maximum absolute atomic E-state index is 13.0. The van der Waals surface area contributed by atoms with Crippen molar-refractivity contribution in [3.63, 3.8) is 0 Å². The molecular weight excluding hydrogens is 791 g/mol. The van der Waals surface area contributed by atoms with Crippen LogP contribution in [-0.4, -0.2) is 87.5 Å². The fourth-order valence-corrected chi connectivity index (χ4v) is 8.16. The second-order valence-corrected chi connectivity index (χ2v) is 18.3. The standard InChI is InChI=1S/C54H99NO8/c1-3-5-7-9-11-13-15-17-19-21-22-23-24-25-26-28-30-32-34-36-38-40-42-44-50(58)55-47(46-62-54-53(61)52(60)51(59)49(45-56)63-54)48(57)43-41-39-37-35-33-31-29-27-20-18-16-14-12-10-8-6-4-2/h15,17,21-22,24-25,41,43,47-49,51-54,56-57,59-61H,3-14,16,18-20,23,26-40,42,44-46H2,1-2H3,(H,55,58)/b17-15-,22-21-,25-24-,43-41+. The van der Waals surface area contributed by atoms with Gasteiger partial charge in [-0.3, -0.25) is 4.79 Å². The lowest BCUT2D eigenvalue weighted by Crippen LogP contribution is -2.60. The molecule has 6 N–H and O–H groups in total. The Balaban J connectivity index is 2.29. The van der Waals surface area contributed by atoms with E-state index in [1.165, 1.54) is 148 Å². The number of ether oxygens (including phenoxy) is 2. The van der Waals surface area contributed by atoms with Crippen molar-refractivity contribution in [3.05, 3.63) is 48.6 Å². The Morgan fingerprint density at radius 1 is 0.540 bits per heavy atom. The maximum atomic E-state index is 13.0. The van der Waals surface area contributed by atoms with Gasteiger partial charge >= 0.3 is 0 Å². The van der Waals surface area contributed by atoms with Crippen LogP contribution in [0.1, 0.15) is 232 Å². The van der Waals surface area contributed by atoms with Crippen molar-refractivity contribution in [1.29, 1.82) is 0 Å². The predicted octanol–water partition coefficient (Wildman–Crippen LogP) is 12.2. The largest absolute Gasteiger partial charge is 0.394 e. The van der Waals surface area contributed by atoms with Gasteiger partial charge < -0.3 is 40.3 Å². The summed E-state index contributed by atoms with van der Waals surface area (Å²) in [4.78, 5) is 13.0. The molecule has 1 aliphatic rings. The molecule has 0 aromatic rings. The molecule has 1 amide bonds. The molecule has 63 heavy (non-hydrogen) atoms. The molecule has 0 aromatic heterocycles. The molecule has 0 spiro atoms. The fourth-order valence-electron chi connectivity index (χ4n) is 8.16. The first kappa shape index (κ1) is 59.2. The van der Waals surface area contributed by atoms with Crippen molar-refractivity contribution in [3.8, 4) is 0 Å². The number of nitrogens with one attached hydrogen (secondary N) is 1. The van der Waals surface area contributed by atoms with E-state index in [2.05, 4.69) is 55.6 Å². The number of amides is 1. The lowest BCUT2D eigenvalue weighted by atomic mass is 9.99. The van der Waals surface area contributed by atoms with Crippen LogP contribution >= 0.6 is 0 Å². The Labute approximate surface area is 386 Å². The minimum Gasteiger partial charge on any atom is -0.394 e. The third-order valence-electron chi connectivity index (χ3n) is 12.4. The number of unbranched alkanes of at least 4 members (excludes halogenated alkanes) is 28. The van der Waals surface area contributed by atoms with E-state index in [4.69, 9.17) is 9.47 Å². The maximum Gasteiger partial charge on any atom is 0.220 e. The summed E-state index contributed by atoms with van der Waals surface area (Å²) in [6, 6.07) is -0.810. The first-order valence-corrected chi connectivity index (χ1v) is 26.4. The molecular formula is C54H99NO8. The summed E-state index contributed by atoms with van der Waals surface area (Å²) in [6.45, 7) is 3.77. The highest BCUT2D eigenvalue weighted by molar-refractivity contribution is 5.76. The van der Waals surface area contributed by atoms with Crippen molar-refractivity contribution in [2.45, 2.75) is 275 Å². The SMILES string of the molecule is CCCCCCC/C=C\C/C=C\C/C=C\CCCCCCCCCCC(=O)NC(COC1OC(CO)C(O)C(O)C1O)C(O)/C=C/CCCCCCCCCCCCCCCCC. The van der Waals surface area contributed by atoms with Gasteiger partial charge in [-0.2, -0.15) is 0 Å². The summed E-state index contributed by atoms with van der Waals surface area (Å²) in [7, 11) is 0. The summed E-state index contributed by atoms with van der Waals surface area (Å²) < 4.78 is 11.2. The zero-order valence-corrected chi connectivity index (χ0v) is 40.6. The van der Waals surface area contributed by atoms with Crippen molar-refractivity contribution >= 4 is 5.91 Å². The number of rotatable bonds is 44. The van der Waals surface area contributed by atoms with Gasteiger partial charge in [0, 0.05) is 6.42 Å². The molecule has 9 nitrogen and oxygen atoms in total. The van der Waals surface area contributed by atoms with Crippen LogP contribution in [0.25, 0.3) is 0 Å². The van der Waals surface area contributed by atoms with Gasteiger partial charge in [-0.25, -0.2) is 0 Å². The van der Waals surface area contributed by atoms with Crippen molar-refractivity contribution in [2.24, 2.45) is 0 Å². The van der Waals surface area contributed by atoms with Crippen LogP contribution in [0.15, 0.2) is 48.6 Å². The number of hydrogen-bond acceptors (Lipinski definition) is 8. The van der Waals surface area contributed by atoms with Gasteiger partial charge in [0.25, 0.3) is 0 Å². The zero-order valence-electron chi connectivity index (χ0n) is 40.6. The van der Waals surface area contributed by atoms with E-state index in [1.54, 1.807) is 6.08 Å². The number of carbonyl (C=O) groups excluding carboxylic acids is 1. The molecule has 0 saturated carbocycles. The summed E-state index contributed by atoms with van der Waals surface area (Å²) in [5.41, 5.74) is 0. The minimum absolute atomic E-state index is 0.184. The van der Waals surface area contributed by atoms with Crippen LogP contribution in [0, 0.1) is 0 Å². The monoisotopic (exact) mass is 890 g/mol. The number of allylic oxidation sites excluding steroid dienone is 7. The van der Waals surface area contributed by atoms with Crippen LogP contribution in [0.2, 0.25) is 0 Å². The number of aliphatic hydroxyl groups excluding tert-OH is 5. The fraction of sp³-hybridized carbons (Fsp3) is 0.833. The van der Waals surface area contributed by atoms with E-state index in [1.807, 2.05) is 6.08 Å². The normalized spacial score (nSPS) is 20.5. The Morgan fingerprint density at radius 3 is 1.38 bits per heavy atom. The van der Waals surface area contributed by atoms with Crippen LogP contribution in [0.3, 0.4) is 0 Å². The molecule has 7 atom stereocenters. The molecule has 1 saturated heterocycles. The van der Waals surface area contributed by atoms with E-state index in [0.717, 1.165) is 64.2 Å². The van der Waals surface area contributed by atoms with Crippen LogP contribution < -0.4 is 5.32 Å². The topological polar surface area (TPSA) is 149 Å². The quantitative estimate of drug-likeness (QED) is 0.0262. The van der Waals surface area contributed by atoms with Gasteiger partial charge in [0.15, 0.2) is 6.29 Å². The van der Waals surface area contributed by atoms with E-state index < -0.39 is 49.5 Å². The first-order valence-electron chi connectivity index (χ1n) is 26.4. The minimum atomic E-state index is -1.57. The van der Waals surface area contributed by atoms with Gasteiger partial charge in [-0.15, -0.1) is 0 Å². The van der Waals surface area contributed by atoms with Crippen molar-refractivity contribution in [1.82, 2.24) is 5.32 Å². The van der Waals surface area contributed by atoms with E-state index in [-0.39, 0.29) is 12.5 Å². The molecule has 0 aliphatic carbocycles. The second kappa shape index (κ2) is 44.0. The van der Waals surface area contributed by atoms with Gasteiger partial charge in [0.05, 0.1) is 25.4 Å². The summed E-state index contributed by atoms with van der Waals surface area (Å²) in [5, 5.41) is 54.4. The van der Waals surface area contributed by atoms with Crippen LogP contribution in [0.4, 0.5) is 0 Å². The van der Waals surface area contributed by atoms with Gasteiger partial charge in [0.2, 0.25) is 5.91 Å². The van der Waals surface area contributed by atoms with Crippen molar-refractivity contribution < 1.29 is 39.8 Å². The average Bonchev–Trinajstić information content (AvgIpc) is 3.28. The average molecular weight is 890 g/mol. The third-order valence-corrected chi connectivity index (χ3v) is 12.4.